The maximum Gasteiger partial charge on any atom is 0.258 e. The summed E-state index contributed by atoms with van der Waals surface area (Å²) in [6.45, 7) is 4.97. The molecule has 0 radical (unpaired) electrons. The Morgan fingerprint density at radius 3 is 2.69 bits per heavy atom. The molecule has 0 aromatic carbocycles. The van der Waals surface area contributed by atoms with E-state index in [0.29, 0.717) is 5.69 Å². The zero-order valence-electron chi connectivity index (χ0n) is 9.53. The van der Waals surface area contributed by atoms with Crippen LogP contribution in [0.2, 0.25) is 0 Å². The molecule has 0 spiro atoms. The smallest absolute Gasteiger partial charge is 0.258 e. The van der Waals surface area contributed by atoms with Crippen LogP contribution in [0.1, 0.15) is 31.2 Å². The normalized spacial score (nSPS) is 12.4. The van der Waals surface area contributed by atoms with Crippen molar-refractivity contribution in [3.05, 3.63) is 27.7 Å². The lowest BCUT2D eigenvalue weighted by Gasteiger charge is -2.14. The Balaban J connectivity index is 3.29. The van der Waals surface area contributed by atoms with Gasteiger partial charge in [0.2, 0.25) is 0 Å². The average Bonchev–Trinajstić information content (AvgIpc) is 2.14. The molecule has 0 amide bonds. The molecular weight excluding hydrogens is 210 g/mol. The number of aromatic amines is 1. The van der Waals surface area contributed by atoms with Crippen LogP contribution in [0.15, 0.2) is 10.9 Å². The van der Waals surface area contributed by atoms with Crippen LogP contribution in [0.3, 0.4) is 0 Å². The Labute approximate surface area is 93.1 Å². The summed E-state index contributed by atoms with van der Waals surface area (Å²) < 4.78 is 5.16. The fourth-order valence-electron chi connectivity index (χ4n) is 1.51. The first kappa shape index (κ1) is 12.4. The molecule has 2 N–H and O–H groups in total. The quantitative estimate of drug-likeness (QED) is 0.802. The molecule has 1 heterocycles. The number of rotatable bonds is 4. The zero-order chi connectivity index (χ0) is 12.3. The summed E-state index contributed by atoms with van der Waals surface area (Å²) in [5, 5.41) is 9.67. The van der Waals surface area contributed by atoms with E-state index in [1.54, 1.807) is 13.8 Å². The third-order valence-electron chi connectivity index (χ3n) is 2.15. The van der Waals surface area contributed by atoms with Crippen molar-refractivity contribution < 1.29 is 14.6 Å². The van der Waals surface area contributed by atoms with Crippen molar-refractivity contribution in [2.24, 2.45) is 0 Å². The molecule has 1 rings (SSSR count). The van der Waals surface area contributed by atoms with Gasteiger partial charge in [0.25, 0.3) is 5.56 Å². The van der Waals surface area contributed by atoms with Crippen molar-refractivity contribution in [2.45, 2.75) is 26.9 Å². The number of aromatic nitrogens is 1. The number of pyridine rings is 1. The first-order valence-corrected chi connectivity index (χ1v) is 5.02. The van der Waals surface area contributed by atoms with Crippen LogP contribution in [0, 0.1) is 6.92 Å². The van der Waals surface area contributed by atoms with Crippen LogP contribution < -0.4 is 5.56 Å². The molecular formula is C11H15NO4. The minimum atomic E-state index is -1.01. The Morgan fingerprint density at radius 2 is 2.25 bits per heavy atom. The molecule has 0 aliphatic carbocycles. The van der Waals surface area contributed by atoms with E-state index in [2.05, 4.69) is 4.98 Å². The highest BCUT2D eigenvalue weighted by Gasteiger charge is 2.24. The van der Waals surface area contributed by atoms with Gasteiger partial charge in [-0.2, -0.15) is 0 Å². The molecule has 1 aromatic heterocycles. The Morgan fingerprint density at radius 1 is 1.62 bits per heavy atom. The van der Waals surface area contributed by atoms with E-state index in [9.17, 15) is 14.7 Å². The molecule has 0 saturated heterocycles. The van der Waals surface area contributed by atoms with Gasteiger partial charge < -0.3 is 14.8 Å². The van der Waals surface area contributed by atoms with Crippen LogP contribution in [-0.4, -0.2) is 22.5 Å². The van der Waals surface area contributed by atoms with Crippen molar-refractivity contribution in [3.63, 3.8) is 0 Å². The fraction of sp³-hybridized carbons (Fsp3) is 0.455. The van der Waals surface area contributed by atoms with Gasteiger partial charge in [-0.3, -0.25) is 9.59 Å². The first-order chi connectivity index (χ1) is 7.47. The number of carbonyl (C=O) groups is 1. The summed E-state index contributed by atoms with van der Waals surface area (Å²) in [4.78, 5) is 25.5. The van der Waals surface area contributed by atoms with E-state index in [-0.39, 0.29) is 23.7 Å². The predicted molar refractivity (Wildman–Crippen MR) is 58.5 cm³/mol. The van der Waals surface area contributed by atoms with Gasteiger partial charge in [0.1, 0.15) is 11.9 Å². The largest absolute Gasteiger partial charge is 0.507 e. The second-order valence-corrected chi connectivity index (χ2v) is 3.53. The number of aryl methyl sites for hydroxylation is 1. The number of ketones is 1. The fourth-order valence-corrected chi connectivity index (χ4v) is 1.51. The molecule has 0 bridgehead atoms. The van der Waals surface area contributed by atoms with Gasteiger partial charge in [0, 0.05) is 12.3 Å². The van der Waals surface area contributed by atoms with E-state index in [4.69, 9.17) is 4.74 Å². The third kappa shape index (κ3) is 2.49. The van der Waals surface area contributed by atoms with Gasteiger partial charge in [-0.1, -0.05) is 0 Å². The topological polar surface area (TPSA) is 79.4 Å². The number of hydrogen-bond acceptors (Lipinski definition) is 4. The lowest BCUT2D eigenvalue weighted by Crippen LogP contribution is -2.23. The number of H-pyrrole nitrogens is 1. The number of nitrogens with one attached hydrogen (secondary N) is 1. The molecule has 1 atom stereocenters. The van der Waals surface area contributed by atoms with Gasteiger partial charge in [-0.05, 0) is 26.8 Å². The number of hydrogen-bond donors (Lipinski definition) is 2. The van der Waals surface area contributed by atoms with Crippen LogP contribution in [0.5, 0.6) is 5.75 Å². The monoisotopic (exact) mass is 225 g/mol. The van der Waals surface area contributed by atoms with Crippen molar-refractivity contribution in [1.82, 2.24) is 4.98 Å². The summed E-state index contributed by atoms with van der Waals surface area (Å²) in [6.07, 6.45) is -1.01. The van der Waals surface area contributed by atoms with Crippen LogP contribution in [0.25, 0.3) is 0 Å². The van der Waals surface area contributed by atoms with Crippen molar-refractivity contribution in [3.8, 4) is 5.75 Å². The number of carbonyl (C=O) groups excluding carboxylic acids is 1. The van der Waals surface area contributed by atoms with E-state index in [1.165, 1.54) is 13.0 Å². The van der Waals surface area contributed by atoms with Gasteiger partial charge in [0.05, 0.1) is 5.56 Å². The third-order valence-corrected chi connectivity index (χ3v) is 2.15. The molecule has 1 unspecified atom stereocenters. The lowest BCUT2D eigenvalue weighted by molar-refractivity contribution is -0.128. The molecule has 1 aromatic rings. The van der Waals surface area contributed by atoms with E-state index < -0.39 is 11.7 Å². The molecule has 0 aliphatic rings. The first-order valence-electron chi connectivity index (χ1n) is 5.02. The molecule has 88 valence electrons. The summed E-state index contributed by atoms with van der Waals surface area (Å²) in [6, 6.07) is 1.39. The lowest BCUT2D eigenvalue weighted by atomic mass is 10.1. The highest BCUT2D eigenvalue weighted by atomic mass is 16.5. The van der Waals surface area contributed by atoms with E-state index in [0.717, 1.165) is 0 Å². The van der Waals surface area contributed by atoms with Gasteiger partial charge >= 0.3 is 0 Å². The van der Waals surface area contributed by atoms with Crippen molar-refractivity contribution in [1.29, 1.82) is 0 Å². The Hall–Kier alpha value is -1.62. The standard InChI is InChI=1S/C11H15NO4/c1-4-16-10(7(3)13)9-8(14)5-6(2)12-11(9)15/h5,10H,4H2,1-3H3,(H2,12,14,15). The number of ether oxygens (including phenoxy) is 1. The Bertz CT molecular complexity index is 450. The minimum absolute atomic E-state index is 0.0278. The molecule has 16 heavy (non-hydrogen) atoms. The molecule has 5 nitrogen and oxygen atoms in total. The van der Waals surface area contributed by atoms with Gasteiger partial charge in [-0.25, -0.2) is 0 Å². The average molecular weight is 225 g/mol. The summed E-state index contributed by atoms with van der Waals surface area (Å²) in [7, 11) is 0. The van der Waals surface area contributed by atoms with Crippen molar-refractivity contribution in [2.75, 3.05) is 6.61 Å². The maximum atomic E-state index is 11.6. The maximum absolute atomic E-state index is 11.6. The molecule has 0 saturated carbocycles. The van der Waals surface area contributed by atoms with E-state index in [1.807, 2.05) is 0 Å². The molecule has 0 fully saturated rings. The highest BCUT2D eigenvalue weighted by molar-refractivity contribution is 5.82. The Kier molecular flexibility index (Phi) is 3.84. The SMILES string of the molecule is CCOC(C(C)=O)c1c(O)cc(C)[nH]c1=O. The summed E-state index contributed by atoms with van der Waals surface area (Å²) >= 11 is 0. The number of aromatic hydroxyl groups is 1. The summed E-state index contributed by atoms with van der Waals surface area (Å²) in [5.41, 5.74) is 0.0103. The van der Waals surface area contributed by atoms with Crippen LogP contribution in [-0.2, 0) is 9.53 Å². The highest BCUT2D eigenvalue weighted by Crippen LogP contribution is 2.24. The van der Waals surface area contributed by atoms with Crippen LogP contribution >= 0.6 is 0 Å². The van der Waals surface area contributed by atoms with Gasteiger partial charge in [-0.15, -0.1) is 0 Å². The van der Waals surface area contributed by atoms with E-state index >= 15 is 0 Å². The second-order valence-electron chi connectivity index (χ2n) is 3.53. The zero-order valence-corrected chi connectivity index (χ0v) is 9.53. The van der Waals surface area contributed by atoms with Gasteiger partial charge in [0.15, 0.2) is 5.78 Å². The number of Topliss-reactive ketones (excluding diaryl/α,β-unsaturated/α-hetero) is 1. The molecule has 0 aliphatic heterocycles. The molecule has 5 heteroatoms. The summed E-state index contributed by atoms with van der Waals surface area (Å²) in [5.74, 6) is -0.526. The predicted octanol–water partition coefficient (Wildman–Crippen LogP) is 1.06. The van der Waals surface area contributed by atoms with Crippen LogP contribution in [0.4, 0.5) is 0 Å². The second kappa shape index (κ2) is 4.94. The minimum Gasteiger partial charge on any atom is -0.507 e. The van der Waals surface area contributed by atoms with Crippen molar-refractivity contribution >= 4 is 5.78 Å².